The lowest BCUT2D eigenvalue weighted by atomic mass is 10.4. The third kappa shape index (κ3) is 2.78. The summed E-state index contributed by atoms with van der Waals surface area (Å²) in [7, 11) is -2.28. The number of rotatable bonds is 4. The summed E-state index contributed by atoms with van der Waals surface area (Å²) >= 11 is 3.06. The second-order valence-electron chi connectivity index (χ2n) is 4.19. The van der Waals surface area contributed by atoms with Crippen molar-refractivity contribution >= 4 is 31.8 Å². The van der Waals surface area contributed by atoms with E-state index in [1.54, 1.807) is 16.9 Å². The maximum Gasteiger partial charge on any atom is 0.283 e. The van der Waals surface area contributed by atoms with Crippen LogP contribution in [0.3, 0.4) is 0 Å². The van der Waals surface area contributed by atoms with Crippen LogP contribution in [0.5, 0.6) is 0 Å². The summed E-state index contributed by atoms with van der Waals surface area (Å²) in [5, 5.41) is 11.4. The number of nitrogens with zero attached hydrogens (tertiary/aromatic N) is 5. The molecule has 104 valence electrons. The van der Waals surface area contributed by atoms with Crippen LogP contribution in [0.2, 0.25) is 0 Å². The van der Waals surface area contributed by atoms with E-state index in [0.29, 0.717) is 0 Å². The molecule has 10 heteroatoms. The summed E-state index contributed by atoms with van der Waals surface area (Å²) in [5.41, 5.74) is 0. The van der Waals surface area contributed by atoms with Gasteiger partial charge in [-0.1, -0.05) is 5.21 Å². The molecule has 0 aromatic carbocycles. The van der Waals surface area contributed by atoms with Gasteiger partial charge in [0.25, 0.3) is 10.0 Å². The summed E-state index contributed by atoms with van der Waals surface area (Å²) in [6.07, 6.45) is 1.71. The molecular formula is C9H13BrN6O2S. The minimum absolute atomic E-state index is 0.0494. The predicted octanol–water partition coefficient (Wildman–Crippen LogP) is 1.16. The largest absolute Gasteiger partial charge is 0.283 e. The van der Waals surface area contributed by atoms with Gasteiger partial charge in [-0.15, -0.1) is 5.10 Å². The van der Waals surface area contributed by atoms with Crippen molar-refractivity contribution in [3.05, 3.63) is 16.9 Å². The van der Waals surface area contributed by atoms with Crippen LogP contribution in [0.25, 0.3) is 0 Å². The molecule has 0 unspecified atom stereocenters. The average Bonchev–Trinajstić information content (AvgIpc) is 2.85. The Morgan fingerprint density at radius 2 is 2.11 bits per heavy atom. The number of hydrogen-bond donors (Lipinski definition) is 1. The Bertz CT molecular complexity index is 670. The van der Waals surface area contributed by atoms with Gasteiger partial charge in [0, 0.05) is 25.4 Å². The Labute approximate surface area is 119 Å². The Morgan fingerprint density at radius 1 is 1.42 bits per heavy atom. The zero-order valence-electron chi connectivity index (χ0n) is 10.6. The molecule has 8 nitrogen and oxygen atoms in total. The van der Waals surface area contributed by atoms with Crippen LogP contribution in [-0.4, -0.2) is 33.2 Å². The first-order valence-corrected chi connectivity index (χ1v) is 7.72. The Balaban J connectivity index is 2.31. The fourth-order valence-corrected chi connectivity index (χ4v) is 3.57. The summed E-state index contributed by atoms with van der Waals surface area (Å²) in [4.78, 5) is 0. The van der Waals surface area contributed by atoms with Crippen molar-refractivity contribution in [2.24, 2.45) is 7.05 Å². The lowest BCUT2D eigenvalue weighted by Crippen LogP contribution is -2.17. The first kappa shape index (κ1) is 14.0. The van der Waals surface area contributed by atoms with Gasteiger partial charge in [-0.3, -0.25) is 9.40 Å². The normalized spacial score (nSPS) is 12.1. The highest BCUT2D eigenvalue weighted by atomic mass is 79.9. The molecule has 2 aromatic heterocycles. The summed E-state index contributed by atoms with van der Waals surface area (Å²) in [6, 6.07) is 1.75. The maximum atomic E-state index is 12.2. The van der Waals surface area contributed by atoms with Gasteiger partial charge < -0.3 is 0 Å². The number of halogens is 1. The van der Waals surface area contributed by atoms with Crippen LogP contribution in [0.1, 0.15) is 19.9 Å². The highest BCUT2D eigenvalue weighted by molar-refractivity contribution is 9.10. The first-order valence-electron chi connectivity index (χ1n) is 5.44. The van der Waals surface area contributed by atoms with E-state index in [1.165, 1.54) is 11.7 Å². The molecule has 0 amide bonds. The molecule has 0 aliphatic rings. The van der Waals surface area contributed by atoms with Gasteiger partial charge in [0.15, 0.2) is 10.4 Å². The van der Waals surface area contributed by atoms with Gasteiger partial charge in [0.05, 0.1) is 0 Å². The van der Waals surface area contributed by atoms with Gasteiger partial charge in [-0.2, -0.15) is 13.5 Å². The molecule has 1 N–H and O–H groups in total. The minimum Gasteiger partial charge on any atom is -0.268 e. The molecule has 0 spiro atoms. The van der Waals surface area contributed by atoms with Crippen molar-refractivity contribution in [3.63, 3.8) is 0 Å². The van der Waals surface area contributed by atoms with E-state index in [1.807, 2.05) is 13.8 Å². The van der Waals surface area contributed by atoms with E-state index >= 15 is 0 Å². The second-order valence-corrected chi connectivity index (χ2v) is 6.54. The molecule has 0 radical (unpaired) electrons. The van der Waals surface area contributed by atoms with Crippen LogP contribution in [-0.2, 0) is 17.1 Å². The predicted molar refractivity (Wildman–Crippen MR) is 72.1 cm³/mol. The lowest BCUT2D eigenvalue weighted by Gasteiger charge is -2.06. The van der Waals surface area contributed by atoms with E-state index < -0.39 is 10.0 Å². The van der Waals surface area contributed by atoms with E-state index in [4.69, 9.17) is 0 Å². The van der Waals surface area contributed by atoms with Crippen molar-refractivity contribution < 1.29 is 8.42 Å². The van der Waals surface area contributed by atoms with E-state index in [9.17, 15) is 8.42 Å². The maximum absolute atomic E-state index is 12.2. The molecule has 2 aromatic rings. The van der Waals surface area contributed by atoms with Crippen molar-refractivity contribution in [1.29, 1.82) is 0 Å². The topological polar surface area (TPSA) is 94.7 Å². The molecule has 0 bridgehead atoms. The first-order chi connectivity index (χ1) is 8.81. The van der Waals surface area contributed by atoms with Gasteiger partial charge in [0.1, 0.15) is 0 Å². The monoisotopic (exact) mass is 348 g/mol. The molecule has 2 rings (SSSR count). The number of hydrogen-bond acceptors (Lipinski definition) is 5. The molecular weight excluding hydrogens is 336 g/mol. The SMILES string of the molecule is CC(C)n1ccc(NS(=O)(=O)c2c(Br)nnn2C)n1. The Morgan fingerprint density at radius 3 is 2.58 bits per heavy atom. The molecule has 0 fully saturated rings. The Kier molecular flexibility index (Phi) is 3.63. The molecule has 0 aliphatic heterocycles. The zero-order valence-corrected chi connectivity index (χ0v) is 13.0. The van der Waals surface area contributed by atoms with Crippen molar-refractivity contribution in [3.8, 4) is 0 Å². The molecule has 2 heterocycles. The fraction of sp³-hybridized carbons (Fsp3) is 0.444. The zero-order chi connectivity index (χ0) is 14.2. The molecule has 0 saturated heterocycles. The van der Waals surface area contributed by atoms with Crippen molar-refractivity contribution in [1.82, 2.24) is 24.8 Å². The summed E-state index contributed by atoms with van der Waals surface area (Å²) in [6.45, 7) is 3.90. The smallest absolute Gasteiger partial charge is 0.268 e. The van der Waals surface area contributed by atoms with Crippen LogP contribution in [0.15, 0.2) is 21.9 Å². The summed E-state index contributed by atoms with van der Waals surface area (Å²) in [5.74, 6) is 0.252. The third-order valence-electron chi connectivity index (χ3n) is 2.37. The third-order valence-corrected chi connectivity index (χ3v) is 4.61. The number of nitrogens with one attached hydrogen (secondary N) is 1. The van der Waals surface area contributed by atoms with Crippen LogP contribution < -0.4 is 4.72 Å². The number of anilines is 1. The number of sulfonamides is 1. The van der Waals surface area contributed by atoms with E-state index in [0.717, 1.165) is 0 Å². The van der Waals surface area contributed by atoms with E-state index in [-0.39, 0.29) is 21.5 Å². The molecule has 0 atom stereocenters. The highest BCUT2D eigenvalue weighted by Crippen LogP contribution is 2.20. The van der Waals surface area contributed by atoms with Crippen molar-refractivity contribution in [2.45, 2.75) is 24.9 Å². The van der Waals surface area contributed by atoms with Gasteiger partial charge >= 0.3 is 0 Å². The van der Waals surface area contributed by atoms with E-state index in [2.05, 4.69) is 36.1 Å². The summed E-state index contributed by atoms with van der Waals surface area (Å²) < 4.78 is 29.8. The minimum atomic E-state index is -3.78. The molecule has 19 heavy (non-hydrogen) atoms. The Hall–Kier alpha value is -1.42. The molecule has 0 aliphatic carbocycles. The van der Waals surface area contributed by atoms with Gasteiger partial charge in [-0.25, -0.2) is 4.68 Å². The number of aromatic nitrogens is 5. The van der Waals surface area contributed by atoms with Crippen LogP contribution >= 0.6 is 15.9 Å². The molecule has 0 saturated carbocycles. The van der Waals surface area contributed by atoms with Gasteiger partial charge in [-0.05, 0) is 29.8 Å². The lowest BCUT2D eigenvalue weighted by molar-refractivity contribution is 0.534. The van der Waals surface area contributed by atoms with Crippen LogP contribution in [0, 0.1) is 0 Å². The van der Waals surface area contributed by atoms with Crippen molar-refractivity contribution in [2.75, 3.05) is 4.72 Å². The second kappa shape index (κ2) is 4.93. The standard InChI is InChI=1S/C9H13BrN6O2S/c1-6(2)16-5-4-7(12-16)13-19(17,18)9-8(10)11-14-15(9)3/h4-6H,1-3H3,(H,12,13). The quantitative estimate of drug-likeness (QED) is 0.894. The number of aryl methyl sites for hydroxylation is 1. The van der Waals surface area contributed by atoms with Crippen LogP contribution in [0.4, 0.5) is 5.82 Å². The highest BCUT2D eigenvalue weighted by Gasteiger charge is 2.24. The van der Waals surface area contributed by atoms with Gasteiger partial charge in [0.2, 0.25) is 5.03 Å². The average molecular weight is 349 g/mol. The fourth-order valence-electron chi connectivity index (χ4n) is 1.47.